The van der Waals surface area contributed by atoms with E-state index >= 15 is 0 Å². The zero-order valence-corrected chi connectivity index (χ0v) is 14.1. The molecule has 1 aromatic rings. The normalized spacial score (nSPS) is 16.9. The Bertz CT molecular complexity index is 620. The molecule has 1 aromatic carbocycles. The molecule has 0 spiro atoms. The summed E-state index contributed by atoms with van der Waals surface area (Å²) in [6, 6.07) is 3.04. The zero-order valence-electron chi connectivity index (χ0n) is 14.1. The molecular formula is C16H23N3O5. The average molecular weight is 337 g/mol. The van der Waals surface area contributed by atoms with E-state index in [4.69, 9.17) is 9.47 Å². The Morgan fingerprint density at radius 3 is 2.58 bits per heavy atom. The minimum absolute atomic E-state index is 0.155. The van der Waals surface area contributed by atoms with Crippen molar-refractivity contribution in [2.45, 2.75) is 19.1 Å². The summed E-state index contributed by atoms with van der Waals surface area (Å²) in [6.07, 6.45) is -0.581. The van der Waals surface area contributed by atoms with Crippen LogP contribution in [-0.2, 0) is 11.3 Å². The maximum absolute atomic E-state index is 11.7. The van der Waals surface area contributed by atoms with E-state index in [0.29, 0.717) is 31.1 Å². The van der Waals surface area contributed by atoms with Crippen LogP contribution in [0.1, 0.15) is 23.7 Å². The van der Waals surface area contributed by atoms with Crippen LogP contribution >= 0.6 is 0 Å². The van der Waals surface area contributed by atoms with E-state index in [9.17, 15) is 14.7 Å². The van der Waals surface area contributed by atoms with E-state index in [-0.39, 0.29) is 12.3 Å². The minimum Gasteiger partial charge on any atom is -0.496 e. The molecule has 1 unspecified atom stereocenters. The molecule has 3 N–H and O–H groups in total. The van der Waals surface area contributed by atoms with E-state index in [1.54, 1.807) is 26.4 Å². The van der Waals surface area contributed by atoms with Crippen LogP contribution < -0.4 is 20.1 Å². The van der Waals surface area contributed by atoms with Gasteiger partial charge in [-0.25, -0.2) is 4.79 Å². The van der Waals surface area contributed by atoms with Crippen LogP contribution in [0, 0.1) is 0 Å². The molecule has 8 heteroatoms. The summed E-state index contributed by atoms with van der Waals surface area (Å²) >= 11 is 0. The van der Waals surface area contributed by atoms with Crippen molar-refractivity contribution in [1.29, 1.82) is 0 Å². The number of imide groups is 1. The van der Waals surface area contributed by atoms with Gasteiger partial charge >= 0.3 is 6.03 Å². The number of amides is 3. The number of nitrogens with zero attached hydrogens (tertiary/aromatic N) is 1. The molecule has 0 radical (unpaired) electrons. The number of urea groups is 1. The lowest BCUT2D eigenvalue weighted by atomic mass is 9.95. The number of ether oxygens (including phenoxy) is 2. The molecule has 8 nitrogen and oxygen atoms in total. The first-order valence-corrected chi connectivity index (χ1v) is 7.65. The second-order valence-corrected chi connectivity index (χ2v) is 5.49. The highest BCUT2D eigenvalue weighted by Crippen LogP contribution is 2.39. The molecule has 1 atom stereocenters. The largest absolute Gasteiger partial charge is 0.496 e. The number of methoxy groups -OCH3 is 2. The number of fused-ring (bicyclic) bond motifs is 1. The standard InChI is InChI=1S/C16H23N3O5/c1-17-16(22)18-14(21)6-7-19-8-10-12(23-2)4-5-13(24-3)15(10)11(20)9-19/h4-5,11,20H,6-9H2,1-3H3,(H2,17,18,21,22). The third-order valence-corrected chi connectivity index (χ3v) is 4.00. The molecule has 1 heterocycles. The highest BCUT2D eigenvalue weighted by molar-refractivity contribution is 5.94. The second-order valence-electron chi connectivity index (χ2n) is 5.49. The first-order chi connectivity index (χ1) is 11.5. The van der Waals surface area contributed by atoms with Gasteiger partial charge in [0, 0.05) is 44.2 Å². The van der Waals surface area contributed by atoms with Crippen molar-refractivity contribution in [3.63, 3.8) is 0 Å². The fraction of sp³-hybridized carbons (Fsp3) is 0.500. The maximum Gasteiger partial charge on any atom is 0.321 e. The number of rotatable bonds is 5. The molecule has 132 valence electrons. The number of benzene rings is 1. The average Bonchev–Trinajstić information content (AvgIpc) is 2.58. The Labute approximate surface area is 140 Å². The number of carbonyl (C=O) groups excluding carboxylic acids is 2. The molecule has 0 bridgehead atoms. The van der Waals surface area contributed by atoms with Crippen molar-refractivity contribution in [3.8, 4) is 11.5 Å². The molecule has 1 aliphatic rings. The fourth-order valence-corrected chi connectivity index (χ4v) is 2.83. The summed E-state index contributed by atoms with van der Waals surface area (Å²) in [6.45, 7) is 1.32. The van der Waals surface area contributed by atoms with Gasteiger partial charge in [-0.05, 0) is 12.1 Å². The van der Waals surface area contributed by atoms with Crippen molar-refractivity contribution < 1.29 is 24.2 Å². The number of aliphatic hydroxyl groups is 1. The molecule has 0 saturated carbocycles. The molecule has 0 fully saturated rings. The Balaban J connectivity index is 2.08. The number of nitrogens with one attached hydrogen (secondary N) is 2. The summed E-state index contributed by atoms with van der Waals surface area (Å²) < 4.78 is 10.7. The van der Waals surface area contributed by atoms with Crippen molar-refractivity contribution >= 4 is 11.9 Å². The van der Waals surface area contributed by atoms with E-state index in [0.717, 1.165) is 11.1 Å². The highest BCUT2D eigenvalue weighted by atomic mass is 16.5. The van der Waals surface area contributed by atoms with Gasteiger partial charge in [-0.2, -0.15) is 0 Å². The third kappa shape index (κ3) is 3.95. The Kier molecular flexibility index (Phi) is 5.99. The van der Waals surface area contributed by atoms with Gasteiger partial charge < -0.3 is 19.9 Å². The van der Waals surface area contributed by atoms with Crippen molar-refractivity contribution in [1.82, 2.24) is 15.5 Å². The summed E-state index contributed by atoms with van der Waals surface area (Å²) in [7, 11) is 4.58. The van der Waals surface area contributed by atoms with Crippen LogP contribution in [-0.4, -0.2) is 56.3 Å². The SMILES string of the molecule is CNC(=O)NC(=O)CCN1Cc2c(OC)ccc(OC)c2C(O)C1. The van der Waals surface area contributed by atoms with Crippen molar-refractivity contribution in [3.05, 3.63) is 23.3 Å². The van der Waals surface area contributed by atoms with Crippen molar-refractivity contribution in [2.75, 3.05) is 34.4 Å². The molecule has 1 aliphatic heterocycles. The third-order valence-electron chi connectivity index (χ3n) is 4.00. The van der Waals surface area contributed by atoms with Gasteiger partial charge in [0.15, 0.2) is 0 Å². The van der Waals surface area contributed by atoms with E-state index in [1.807, 2.05) is 4.90 Å². The Hall–Kier alpha value is -2.32. The smallest absolute Gasteiger partial charge is 0.321 e. The van der Waals surface area contributed by atoms with E-state index in [1.165, 1.54) is 7.05 Å². The first-order valence-electron chi connectivity index (χ1n) is 7.65. The molecule has 0 saturated heterocycles. The number of carbonyl (C=O) groups is 2. The maximum atomic E-state index is 11.7. The monoisotopic (exact) mass is 337 g/mol. The molecule has 24 heavy (non-hydrogen) atoms. The van der Waals surface area contributed by atoms with Crippen LogP contribution in [0.2, 0.25) is 0 Å². The van der Waals surface area contributed by atoms with Crippen LogP contribution in [0.4, 0.5) is 4.79 Å². The summed E-state index contributed by atoms with van der Waals surface area (Å²) in [5, 5.41) is 15.0. The Morgan fingerprint density at radius 2 is 1.96 bits per heavy atom. The lowest BCUT2D eigenvalue weighted by Gasteiger charge is -2.33. The van der Waals surface area contributed by atoms with Crippen LogP contribution in [0.25, 0.3) is 0 Å². The van der Waals surface area contributed by atoms with Gasteiger partial charge in [0.05, 0.1) is 20.3 Å². The zero-order chi connectivity index (χ0) is 17.7. The lowest BCUT2D eigenvalue weighted by Crippen LogP contribution is -2.40. The molecule has 2 rings (SSSR count). The van der Waals surface area contributed by atoms with Gasteiger partial charge in [-0.15, -0.1) is 0 Å². The number of hydrogen-bond donors (Lipinski definition) is 3. The quantitative estimate of drug-likeness (QED) is 0.719. The van der Waals surface area contributed by atoms with Crippen LogP contribution in [0.15, 0.2) is 12.1 Å². The van der Waals surface area contributed by atoms with Gasteiger partial charge in [-0.1, -0.05) is 0 Å². The summed E-state index contributed by atoms with van der Waals surface area (Å²) in [5.74, 6) is 0.923. The highest BCUT2D eigenvalue weighted by Gasteiger charge is 2.29. The van der Waals surface area contributed by atoms with Gasteiger partial charge in [0.2, 0.25) is 5.91 Å². The molecular weight excluding hydrogens is 314 g/mol. The number of hydrogen-bond acceptors (Lipinski definition) is 6. The second kappa shape index (κ2) is 7.98. The van der Waals surface area contributed by atoms with Crippen molar-refractivity contribution in [2.24, 2.45) is 0 Å². The van der Waals surface area contributed by atoms with Crippen LogP contribution in [0.3, 0.4) is 0 Å². The predicted molar refractivity (Wildman–Crippen MR) is 87.0 cm³/mol. The molecule has 3 amide bonds. The predicted octanol–water partition coefficient (Wildman–Crippen LogP) is 0.398. The van der Waals surface area contributed by atoms with Gasteiger partial charge in [0.1, 0.15) is 11.5 Å². The summed E-state index contributed by atoms with van der Waals surface area (Å²) in [4.78, 5) is 24.8. The Morgan fingerprint density at radius 1 is 1.29 bits per heavy atom. The van der Waals surface area contributed by atoms with Gasteiger partial charge in [-0.3, -0.25) is 15.0 Å². The van der Waals surface area contributed by atoms with E-state index < -0.39 is 12.1 Å². The topological polar surface area (TPSA) is 100 Å². The lowest BCUT2D eigenvalue weighted by molar-refractivity contribution is -0.120. The molecule has 0 aromatic heterocycles. The number of aliphatic hydroxyl groups excluding tert-OH is 1. The van der Waals surface area contributed by atoms with Gasteiger partial charge in [0.25, 0.3) is 0 Å². The fourth-order valence-electron chi connectivity index (χ4n) is 2.83. The molecule has 0 aliphatic carbocycles. The minimum atomic E-state index is -0.735. The van der Waals surface area contributed by atoms with E-state index in [2.05, 4.69) is 10.6 Å². The van der Waals surface area contributed by atoms with Crippen LogP contribution in [0.5, 0.6) is 11.5 Å². The number of β-amino-alcohol motifs (C(OH)–C–C–N with tert-alkyl or cyclic N) is 1. The first kappa shape index (κ1) is 18.0. The summed E-state index contributed by atoms with van der Waals surface area (Å²) in [5.41, 5.74) is 1.57.